The number of amides is 1. The molecule has 1 amide bonds. The molecular weight excluding hydrogens is 404 g/mol. The van der Waals surface area contributed by atoms with Gasteiger partial charge in [-0.2, -0.15) is 0 Å². The third-order valence-electron chi connectivity index (χ3n) is 3.63. The van der Waals surface area contributed by atoms with E-state index >= 15 is 0 Å². The standard InChI is InChI=1S/C18H14N2O6S2/c21-12-7-5-11(6-8-12)20-28(25,26)13-9-16(27-10-13)17(22)19-15-4-2-1-3-14(15)18(23)24/h1-10,20-21H,(H,19,22)(H,23,24). The van der Waals surface area contributed by atoms with Gasteiger partial charge in [0.2, 0.25) is 0 Å². The van der Waals surface area contributed by atoms with E-state index in [4.69, 9.17) is 5.11 Å². The number of hydrogen-bond donors (Lipinski definition) is 4. The van der Waals surface area contributed by atoms with Gasteiger partial charge in [-0.15, -0.1) is 11.3 Å². The van der Waals surface area contributed by atoms with Crippen LogP contribution in [0, 0.1) is 0 Å². The van der Waals surface area contributed by atoms with Gasteiger partial charge in [-0.05, 0) is 42.5 Å². The highest BCUT2D eigenvalue weighted by Crippen LogP contribution is 2.24. The van der Waals surface area contributed by atoms with Crippen molar-refractivity contribution in [2.24, 2.45) is 0 Å². The third-order valence-corrected chi connectivity index (χ3v) is 6.07. The van der Waals surface area contributed by atoms with E-state index in [9.17, 15) is 23.1 Å². The summed E-state index contributed by atoms with van der Waals surface area (Å²) in [5.74, 6) is -1.81. The Bertz CT molecular complexity index is 1140. The SMILES string of the molecule is O=C(Nc1ccccc1C(=O)O)c1cc(S(=O)(=O)Nc2ccc(O)cc2)cs1. The molecule has 0 aliphatic heterocycles. The predicted molar refractivity (Wildman–Crippen MR) is 105 cm³/mol. The number of carbonyl (C=O) groups excluding carboxylic acids is 1. The summed E-state index contributed by atoms with van der Waals surface area (Å²) in [6.45, 7) is 0. The van der Waals surface area contributed by atoms with Crippen LogP contribution in [-0.2, 0) is 10.0 Å². The Kier molecular flexibility index (Phi) is 5.34. The molecule has 2 aromatic carbocycles. The number of carboxylic acids is 1. The molecule has 10 heteroatoms. The molecule has 0 spiro atoms. The number of nitrogens with one attached hydrogen (secondary N) is 2. The average Bonchev–Trinajstić information content (AvgIpc) is 3.15. The number of phenols is 1. The van der Waals surface area contributed by atoms with Gasteiger partial charge in [-0.25, -0.2) is 13.2 Å². The van der Waals surface area contributed by atoms with Crippen molar-refractivity contribution in [3.8, 4) is 5.75 Å². The minimum Gasteiger partial charge on any atom is -0.508 e. The fourth-order valence-corrected chi connectivity index (χ4v) is 4.51. The molecule has 0 radical (unpaired) electrons. The number of carbonyl (C=O) groups is 2. The van der Waals surface area contributed by atoms with E-state index in [1.54, 1.807) is 6.07 Å². The van der Waals surface area contributed by atoms with E-state index in [1.165, 1.54) is 53.9 Å². The highest BCUT2D eigenvalue weighted by atomic mass is 32.2. The molecule has 0 saturated heterocycles. The zero-order valence-electron chi connectivity index (χ0n) is 14.1. The maximum absolute atomic E-state index is 12.4. The lowest BCUT2D eigenvalue weighted by Gasteiger charge is -2.07. The lowest BCUT2D eigenvalue weighted by atomic mass is 10.2. The molecule has 4 N–H and O–H groups in total. The van der Waals surface area contributed by atoms with Crippen molar-refractivity contribution in [1.29, 1.82) is 0 Å². The molecule has 28 heavy (non-hydrogen) atoms. The van der Waals surface area contributed by atoms with Crippen LogP contribution in [0.15, 0.2) is 64.9 Å². The van der Waals surface area contributed by atoms with Crippen molar-refractivity contribution in [3.05, 3.63) is 70.4 Å². The normalized spacial score (nSPS) is 11.0. The van der Waals surface area contributed by atoms with Crippen LogP contribution in [0.5, 0.6) is 5.75 Å². The smallest absolute Gasteiger partial charge is 0.337 e. The minimum atomic E-state index is -3.93. The minimum absolute atomic E-state index is 0.000851. The van der Waals surface area contributed by atoms with Gasteiger partial charge in [-0.1, -0.05) is 12.1 Å². The Morgan fingerprint density at radius 2 is 1.68 bits per heavy atom. The zero-order valence-corrected chi connectivity index (χ0v) is 15.8. The highest BCUT2D eigenvalue weighted by Gasteiger charge is 2.20. The van der Waals surface area contributed by atoms with Gasteiger partial charge in [0, 0.05) is 11.1 Å². The van der Waals surface area contributed by atoms with Gasteiger partial charge in [0.15, 0.2) is 0 Å². The first kappa shape index (κ1) is 19.4. The molecule has 3 rings (SSSR count). The lowest BCUT2D eigenvalue weighted by Crippen LogP contribution is -2.14. The molecule has 0 fully saturated rings. The van der Waals surface area contributed by atoms with Crippen LogP contribution < -0.4 is 10.0 Å². The number of hydrogen-bond acceptors (Lipinski definition) is 6. The van der Waals surface area contributed by atoms with Crippen LogP contribution in [0.1, 0.15) is 20.0 Å². The molecule has 0 atom stereocenters. The number of aromatic carboxylic acids is 1. The van der Waals surface area contributed by atoms with E-state index in [-0.39, 0.29) is 32.5 Å². The Hall–Kier alpha value is -3.37. The Labute approximate surface area is 164 Å². The quantitative estimate of drug-likeness (QED) is 0.454. The molecule has 0 aliphatic carbocycles. The van der Waals surface area contributed by atoms with Crippen LogP contribution in [-0.4, -0.2) is 30.5 Å². The number of anilines is 2. The fraction of sp³-hybridized carbons (Fsp3) is 0. The maximum Gasteiger partial charge on any atom is 0.337 e. The van der Waals surface area contributed by atoms with E-state index in [1.807, 2.05) is 0 Å². The van der Waals surface area contributed by atoms with Gasteiger partial charge in [0.25, 0.3) is 15.9 Å². The summed E-state index contributed by atoms with van der Waals surface area (Å²) in [6, 6.07) is 12.6. The number of carboxylic acid groups (broad SMARTS) is 1. The molecule has 1 heterocycles. The summed E-state index contributed by atoms with van der Waals surface area (Å²) in [4.78, 5) is 23.6. The molecule has 0 saturated carbocycles. The van der Waals surface area contributed by atoms with Crippen molar-refractivity contribution in [2.75, 3.05) is 10.0 Å². The van der Waals surface area contributed by atoms with E-state index in [2.05, 4.69) is 10.0 Å². The second-order valence-electron chi connectivity index (χ2n) is 5.60. The largest absolute Gasteiger partial charge is 0.508 e. The Morgan fingerprint density at radius 3 is 2.36 bits per heavy atom. The molecule has 144 valence electrons. The van der Waals surface area contributed by atoms with Crippen LogP contribution in [0.25, 0.3) is 0 Å². The second-order valence-corrected chi connectivity index (χ2v) is 8.20. The van der Waals surface area contributed by atoms with E-state index in [0.717, 1.165) is 11.3 Å². The first-order chi connectivity index (χ1) is 13.3. The summed E-state index contributed by atoms with van der Waals surface area (Å²) in [7, 11) is -3.93. The van der Waals surface area contributed by atoms with Crippen molar-refractivity contribution in [1.82, 2.24) is 0 Å². The summed E-state index contributed by atoms with van der Waals surface area (Å²) >= 11 is 0.912. The third kappa shape index (κ3) is 4.30. The number of phenolic OH excluding ortho intramolecular Hbond substituents is 1. The average molecular weight is 418 g/mol. The summed E-state index contributed by atoms with van der Waals surface area (Å²) in [6.07, 6.45) is 0. The van der Waals surface area contributed by atoms with Crippen molar-refractivity contribution in [3.63, 3.8) is 0 Å². The Morgan fingerprint density at radius 1 is 1.00 bits per heavy atom. The number of benzene rings is 2. The summed E-state index contributed by atoms with van der Waals surface area (Å²) < 4.78 is 27.2. The molecule has 8 nitrogen and oxygen atoms in total. The van der Waals surface area contributed by atoms with E-state index < -0.39 is 21.9 Å². The number of aromatic hydroxyl groups is 1. The van der Waals surface area contributed by atoms with Gasteiger partial charge < -0.3 is 15.5 Å². The first-order valence-electron chi connectivity index (χ1n) is 7.80. The van der Waals surface area contributed by atoms with Crippen molar-refractivity contribution >= 4 is 44.6 Å². The van der Waals surface area contributed by atoms with Crippen LogP contribution >= 0.6 is 11.3 Å². The molecule has 1 aromatic heterocycles. The van der Waals surface area contributed by atoms with Gasteiger partial charge >= 0.3 is 5.97 Å². The number of thiophene rings is 1. The van der Waals surface area contributed by atoms with Crippen LogP contribution in [0.4, 0.5) is 11.4 Å². The van der Waals surface area contributed by atoms with Gasteiger partial charge in [0.1, 0.15) is 5.75 Å². The van der Waals surface area contributed by atoms with Crippen LogP contribution in [0.2, 0.25) is 0 Å². The van der Waals surface area contributed by atoms with Gasteiger partial charge in [0.05, 0.1) is 21.0 Å². The van der Waals surface area contributed by atoms with Crippen LogP contribution in [0.3, 0.4) is 0 Å². The predicted octanol–water partition coefficient (Wildman–Crippen LogP) is 3.21. The molecular formula is C18H14N2O6S2. The molecule has 3 aromatic rings. The van der Waals surface area contributed by atoms with Crippen molar-refractivity contribution < 1.29 is 28.2 Å². The topological polar surface area (TPSA) is 133 Å². The zero-order chi connectivity index (χ0) is 20.3. The lowest BCUT2D eigenvalue weighted by molar-refractivity contribution is 0.0698. The summed E-state index contributed by atoms with van der Waals surface area (Å²) in [5.41, 5.74) is 0.291. The number of sulfonamides is 1. The second kappa shape index (κ2) is 7.71. The van der Waals surface area contributed by atoms with E-state index in [0.29, 0.717) is 0 Å². The maximum atomic E-state index is 12.4. The highest BCUT2D eigenvalue weighted by molar-refractivity contribution is 7.92. The molecule has 0 bridgehead atoms. The first-order valence-corrected chi connectivity index (χ1v) is 10.2. The molecule has 0 aliphatic rings. The monoisotopic (exact) mass is 418 g/mol. The number of para-hydroxylation sites is 1. The van der Waals surface area contributed by atoms with Crippen molar-refractivity contribution in [2.45, 2.75) is 4.90 Å². The van der Waals surface area contributed by atoms with Gasteiger partial charge in [-0.3, -0.25) is 9.52 Å². The summed E-state index contributed by atoms with van der Waals surface area (Å²) in [5, 5.41) is 22.2. The Balaban J connectivity index is 1.78. The molecule has 0 unspecified atom stereocenters. The number of rotatable bonds is 6. The fourth-order valence-electron chi connectivity index (χ4n) is 2.28.